The van der Waals surface area contributed by atoms with Gasteiger partial charge in [0, 0.05) is 36.8 Å². The smallest absolute Gasteiger partial charge is 0.271 e. The standard InChI is InChI=1S/C16H22N2O3/c1-12-8-14(10-15(9-12)18(20)21)17-7-6-16(19)5-3-2-4-13(16)11-17/h8-10,13,19H,2-7,11H2,1H3. The maximum absolute atomic E-state index is 11.0. The van der Waals surface area contributed by atoms with Gasteiger partial charge >= 0.3 is 0 Å². The summed E-state index contributed by atoms with van der Waals surface area (Å²) < 4.78 is 0. The fraction of sp³-hybridized carbons (Fsp3) is 0.625. The van der Waals surface area contributed by atoms with E-state index in [1.807, 2.05) is 13.0 Å². The zero-order chi connectivity index (χ0) is 15.0. The van der Waals surface area contributed by atoms with E-state index in [0.29, 0.717) is 5.92 Å². The lowest BCUT2D eigenvalue weighted by Gasteiger charge is -2.48. The van der Waals surface area contributed by atoms with Gasteiger partial charge in [0.05, 0.1) is 10.5 Å². The monoisotopic (exact) mass is 290 g/mol. The fourth-order valence-corrected chi connectivity index (χ4v) is 3.84. The van der Waals surface area contributed by atoms with Gasteiger partial charge in [-0.25, -0.2) is 0 Å². The molecule has 2 fully saturated rings. The Morgan fingerprint density at radius 3 is 2.90 bits per heavy atom. The van der Waals surface area contributed by atoms with Crippen LogP contribution in [0.5, 0.6) is 0 Å². The Morgan fingerprint density at radius 1 is 1.33 bits per heavy atom. The molecule has 5 nitrogen and oxygen atoms in total. The topological polar surface area (TPSA) is 66.6 Å². The molecule has 0 amide bonds. The molecule has 1 saturated heterocycles. The number of aryl methyl sites for hydroxylation is 1. The third-order valence-electron chi connectivity index (χ3n) is 5.05. The van der Waals surface area contributed by atoms with Crippen LogP contribution in [0.3, 0.4) is 0 Å². The second-order valence-electron chi connectivity index (χ2n) is 6.53. The molecule has 3 rings (SSSR count). The van der Waals surface area contributed by atoms with Gasteiger partial charge in [0.1, 0.15) is 0 Å². The van der Waals surface area contributed by atoms with Gasteiger partial charge in [-0.3, -0.25) is 10.1 Å². The highest BCUT2D eigenvalue weighted by molar-refractivity contribution is 5.56. The van der Waals surface area contributed by atoms with Crippen molar-refractivity contribution in [1.82, 2.24) is 0 Å². The number of non-ortho nitro benzene ring substituents is 1. The second-order valence-corrected chi connectivity index (χ2v) is 6.53. The summed E-state index contributed by atoms with van der Waals surface area (Å²) in [6, 6.07) is 5.25. The average Bonchev–Trinajstić information content (AvgIpc) is 2.45. The number of rotatable bonds is 2. The number of hydrogen-bond donors (Lipinski definition) is 1. The number of nitro benzene ring substituents is 1. The maximum Gasteiger partial charge on any atom is 0.271 e. The van der Waals surface area contributed by atoms with Crippen LogP contribution < -0.4 is 4.90 Å². The van der Waals surface area contributed by atoms with Crippen molar-refractivity contribution in [3.8, 4) is 0 Å². The summed E-state index contributed by atoms with van der Waals surface area (Å²) in [4.78, 5) is 12.9. The quantitative estimate of drug-likeness (QED) is 0.671. The molecule has 0 bridgehead atoms. The van der Waals surface area contributed by atoms with Crippen LogP contribution in [-0.2, 0) is 0 Å². The van der Waals surface area contributed by atoms with Gasteiger partial charge in [0.2, 0.25) is 0 Å². The van der Waals surface area contributed by atoms with E-state index >= 15 is 0 Å². The molecule has 2 aliphatic rings. The van der Waals surface area contributed by atoms with Gasteiger partial charge in [-0.2, -0.15) is 0 Å². The summed E-state index contributed by atoms with van der Waals surface area (Å²) in [6.07, 6.45) is 5.01. The van der Waals surface area contributed by atoms with Gasteiger partial charge in [-0.05, 0) is 37.8 Å². The molecule has 1 aliphatic heterocycles. The Morgan fingerprint density at radius 2 is 2.14 bits per heavy atom. The molecule has 2 atom stereocenters. The van der Waals surface area contributed by atoms with E-state index in [1.165, 1.54) is 6.42 Å². The fourth-order valence-electron chi connectivity index (χ4n) is 3.84. The molecule has 1 aliphatic carbocycles. The van der Waals surface area contributed by atoms with Crippen molar-refractivity contribution in [2.75, 3.05) is 18.0 Å². The van der Waals surface area contributed by atoms with E-state index in [9.17, 15) is 15.2 Å². The number of hydrogen-bond acceptors (Lipinski definition) is 4. The van der Waals surface area contributed by atoms with E-state index in [4.69, 9.17) is 0 Å². The highest BCUT2D eigenvalue weighted by Crippen LogP contribution is 2.41. The molecule has 1 N–H and O–H groups in total. The predicted molar refractivity (Wildman–Crippen MR) is 81.6 cm³/mol. The van der Waals surface area contributed by atoms with Crippen molar-refractivity contribution in [2.24, 2.45) is 5.92 Å². The molecule has 1 heterocycles. The Bertz CT molecular complexity index is 560. The molecule has 0 radical (unpaired) electrons. The van der Waals surface area contributed by atoms with Gasteiger partial charge in [0.15, 0.2) is 0 Å². The first-order chi connectivity index (χ1) is 9.98. The zero-order valence-corrected chi connectivity index (χ0v) is 12.4. The lowest BCUT2D eigenvalue weighted by molar-refractivity contribution is -0.384. The summed E-state index contributed by atoms with van der Waals surface area (Å²) in [6.45, 7) is 3.46. The molecular formula is C16H22N2O3. The van der Waals surface area contributed by atoms with Crippen molar-refractivity contribution in [3.63, 3.8) is 0 Å². The molecule has 0 spiro atoms. The molecular weight excluding hydrogens is 268 g/mol. The summed E-state index contributed by atoms with van der Waals surface area (Å²) in [5.74, 6) is 0.291. The normalized spacial score (nSPS) is 29.0. The van der Waals surface area contributed by atoms with Crippen LogP contribution in [0.1, 0.15) is 37.7 Å². The van der Waals surface area contributed by atoms with Crippen LogP contribution in [0, 0.1) is 23.0 Å². The second kappa shape index (κ2) is 5.30. The van der Waals surface area contributed by atoms with Crippen molar-refractivity contribution in [1.29, 1.82) is 0 Å². The predicted octanol–water partition coefficient (Wildman–Crippen LogP) is 3.03. The number of anilines is 1. The third-order valence-corrected chi connectivity index (χ3v) is 5.05. The van der Waals surface area contributed by atoms with E-state index in [2.05, 4.69) is 4.90 Å². The van der Waals surface area contributed by atoms with Crippen LogP contribution in [0.15, 0.2) is 18.2 Å². The van der Waals surface area contributed by atoms with Crippen molar-refractivity contribution < 1.29 is 10.0 Å². The number of nitro groups is 1. The lowest BCUT2D eigenvalue weighted by Crippen LogP contribution is -2.53. The van der Waals surface area contributed by atoms with Crippen LogP contribution >= 0.6 is 0 Å². The van der Waals surface area contributed by atoms with Crippen molar-refractivity contribution in [2.45, 2.75) is 44.6 Å². The first-order valence-electron chi connectivity index (χ1n) is 7.71. The highest BCUT2D eigenvalue weighted by atomic mass is 16.6. The number of benzene rings is 1. The summed E-state index contributed by atoms with van der Waals surface area (Å²) in [5.41, 5.74) is 1.46. The highest BCUT2D eigenvalue weighted by Gasteiger charge is 2.42. The largest absolute Gasteiger partial charge is 0.389 e. The minimum atomic E-state index is -0.509. The Kier molecular flexibility index (Phi) is 3.61. The van der Waals surface area contributed by atoms with Crippen molar-refractivity contribution in [3.05, 3.63) is 33.9 Å². The third kappa shape index (κ3) is 2.75. The number of fused-ring (bicyclic) bond motifs is 1. The van der Waals surface area contributed by atoms with Crippen LogP contribution in [-0.4, -0.2) is 28.7 Å². The SMILES string of the molecule is Cc1cc(N2CCC3(O)CCCCC3C2)cc([N+](=O)[O-])c1. The maximum atomic E-state index is 11.0. The first kappa shape index (κ1) is 14.3. The van der Waals surface area contributed by atoms with Crippen LogP contribution in [0.4, 0.5) is 11.4 Å². The molecule has 1 saturated carbocycles. The van der Waals surface area contributed by atoms with Gasteiger partial charge in [0.25, 0.3) is 5.69 Å². The average molecular weight is 290 g/mol. The zero-order valence-electron chi connectivity index (χ0n) is 12.4. The molecule has 0 aromatic heterocycles. The summed E-state index contributed by atoms with van der Waals surface area (Å²) >= 11 is 0. The molecule has 21 heavy (non-hydrogen) atoms. The summed E-state index contributed by atoms with van der Waals surface area (Å²) in [5, 5.41) is 21.7. The number of nitrogens with zero attached hydrogens (tertiary/aromatic N) is 2. The molecule has 114 valence electrons. The molecule has 2 unspecified atom stereocenters. The number of piperidine rings is 1. The van der Waals surface area contributed by atoms with Crippen LogP contribution in [0.2, 0.25) is 0 Å². The van der Waals surface area contributed by atoms with Crippen molar-refractivity contribution >= 4 is 11.4 Å². The molecule has 1 aromatic rings. The van der Waals surface area contributed by atoms with Gasteiger partial charge in [-0.15, -0.1) is 0 Å². The Labute approximate surface area is 124 Å². The first-order valence-corrected chi connectivity index (χ1v) is 7.71. The molecule has 5 heteroatoms. The lowest BCUT2D eigenvalue weighted by atomic mass is 9.71. The van der Waals surface area contributed by atoms with E-state index in [-0.39, 0.29) is 10.6 Å². The summed E-state index contributed by atoms with van der Waals surface area (Å²) in [7, 11) is 0. The minimum absolute atomic E-state index is 0.148. The van der Waals surface area contributed by atoms with Gasteiger partial charge in [-0.1, -0.05) is 12.8 Å². The number of aliphatic hydroxyl groups is 1. The Balaban J connectivity index is 1.83. The van der Waals surface area contributed by atoms with E-state index in [0.717, 1.165) is 50.0 Å². The van der Waals surface area contributed by atoms with E-state index in [1.54, 1.807) is 12.1 Å². The Hall–Kier alpha value is -1.62. The van der Waals surface area contributed by atoms with Crippen LogP contribution in [0.25, 0.3) is 0 Å². The molecule has 1 aromatic carbocycles. The minimum Gasteiger partial charge on any atom is -0.389 e. The van der Waals surface area contributed by atoms with E-state index < -0.39 is 5.60 Å². The van der Waals surface area contributed by atoms with Gasteiger partial charge < -0.3 is 10.0 Å².